The second-order valence-corrected chi connectivity index (χ2v) is 6.79. The summed E-state index contributed by atoms with van der Waals surface area (Å²) in [7, 11) is 0. The number of carbonyl (C=O) groups excluding carboxylic acids is 2. The number of thiophene rings is 1. The van der Waals surface area contributed by atoms with Gasteiger partial charge in [-0.15, -0.1) is 11.3 Å². The van der Waals surface area contributed by atoms with Crippen molar-refractivity contribution in [3.05, 3.63) is 51.4 Å². The fourth-order valence-electron chi connectivity index (χ4n) is 2.97. The molecule has 0 saturated heterocycles. The fourth-order valence-corrected chi connectivity index (χ4v) is 4.26. The van der Waals surface area contributed by atoms with Crippen LogP contribution in [0.4, 0.5) is 13.8 Å². The third-order valence-corrected chi connectivity index (χ3v) is 5.29. The normalized spacial score (nSPS) is 13.9. The molecule has 0 bridgehead atoms. The standard InChI is InChI=1S/C17H16F2N2O2S/c18-10-6-4-7-11(19)14(10)16(23)21-17-13(15(20)22)9-5-2-1-3-8-12(9)24-17/h4,6-7H,1-3,5,8H2,(H2,20,22)(H,21,23). The van der Waals surface area contributed by atoms with E-state index in [9.17, 15) is 18.4 Å². The average Bonchev–Trinajstić information content (AvgIpc) is 2.69. The number of primary amides is 1. The van der Waals surface area contributed by atoms with E-state index >= 15 is 0 Å². The zero-order valence-electron chi connectivity index (χ0n) is 12.8. The number of hydrogen-bond donors (Lipinski definition) is 2. The minimum atomic E-state index is -0.953. The lowest BCUT2D eigenvalue weighted by Crippen LogP contribution is -2.19. The molecule has 0 unspecified atom stereocenters. The van der Waals surface area contributed by atoms with Gasteiger partial charge in [-0.2, -0.15) is 0 Å². The van der Waals surface area contributed by atoms with Crippen LogP contribution in [0.15, 0.2) is 18.2 Å². The van der Waals surface area contributed by atoms with E-state index in [0.29, 0.717) is 6.42 Å². The van der Waals surface area contributed by atoms with E-state index in [1.54, 1.807) is 0 Å². The molecule has 0 atom stereocenters. The molecule has 2 amide bonds. The summed E-state index contributed by atoms with van der Waals surface area (Å²) in [6.45, 7) is 0. The van der Waals surface area contributed by atoms with Crippen molar-refractivity contribution in [3.63, 3.8) is 0 Å². The first-order valence-corrected chi connectivity index (χ1v) is 8.50. The first kappa shape index (κ1) is 16.6. The maximum Gasteiger partial charge on any atom is 0.262 e. The van der Waals surface area contributed by atoms with Gasteiger partial charge in [0, 0.05) is 4.88 Å². The maximum atomic E-state index is 13.8. The van der Waals surface area contributed by atoms with E-state index in [4.69, 9.17) is 5.73 Å². The highest BCUT2D eigenvalue weighted by Gasteiger charge is 2.26. The quantitative estimate of drug-likeness (QED) is 0.830. The van der Waals surface area contributed by atoms with E-state index in [2.05, 4.69) is 5.32 Å². The second kappa shape index (κ2) is 6.68. The second-order valence-electron chi connectivity index (χ2n) is 5.68. The molecule has 0 saturated carbocycles. The van der Waals surface area contributed by atoms with Crippen LogP contribution in [0.1, 0.15) is 50.4 Å². The predicted octanol–water partition coefficient (Wildman–Crippen LogP) is 3.65. The topological polar surface area (TPSA) is 72.2 Å². The van der Waals surface area contributed by atoms with Gasteiger partial charge in [-0.25, -0.2) is 8.78 Å². The zero-order valence-corrected chi connectivity index (χ0v) is 13.6. The van der Waals surface area contributed by atoms with E-state index < -0.39 is 29.0 Å². The number of hydrogen-bond acceptors (Lipinski definition) is 3. The summed E-state index contributed by atoms with van der Waals surface area (Å²) in [4.78, 5) is 25.1. The molecule has 1 aromatic carbocycles. The molecule has 1 aliphatic carbocycles. The molecular formula is C17H16F2N2O2S. The zero-order chi connectivity index (χ0) is 17.3. The van der Waals surface area contributed by atoms with Crippen LogP contribution >= 0.6 is 11.3 Å². The molecule has 7 heteroatoms. The molecule has 3 rings (SSSR count). The van der Waals surface area contributed by atoms with Crippen molar-refractivity contribution in [2.45, 2.75) is 32.1 Å². The van der Waals surface area contributed by atoms with Crippen LogP contribution in [-0.2, 0) is 12.8 Å². The first-order chi connectivity index (χ1) is 11.5. The van der Waals surface area contributed by atoms with Crippen LogP contribution in [0.5, 0.6) is 0 Å². The third-order valence-electron chi connectivity index (χ3n) is 4.08. The number of benzene rings is 1. The Kier molecular flexibility index (Phi) is 4.62. The summed E-state index contributed by atoms with van der Waals surface area (Å²) in [5, 5.41) is 2.73. The lowest BCUT2D eigenvalue weighted by atomic mass is 10.1. The summed E-state index contributed by atoms with van der Waals surface area (Å²) in [6.07, 6.45) is 4.54. The molecule has 126 valence electrons. The number of aryl methyl sites for hydroxylation is 1. The molecule has 3 N–H and O–H groups in total. The molecule has 2 aromatic rings. The summed E-state index contributed by atoms with van der Waals surface area (Å²) >= 11 is 1.26. The molecule has 0 aliphatic heterocycles. The van der Waals surface area contributed by atoms with Crippen LogP contribution in [0.3, 0.4) is 0 Å². The minimum Gasteiger partial charge on any atom is -0.365 e. The fraction of sp³-hybridized carbons (Fsp3) is 0.294. The molecule has 0 fully saturated rings. The Balaban J connectivity index is 1.98. The molecule has 0 spiro atoms. The Morgan fingerprint density at radius 3 is 2.38 bits per heavy atom. The number of fused-ring (bicyclic) bond motifs is 1. The van der Waals surface area contributed by atoms with Crippen LogP contribution < -0.4 is 11.1 Å². The van der Waals surface area contributed by atoms with Gasteiger partial charge in [0.25, 0.3) is 11.8 Å². The summed E-state index contributed by atoms with van der Waals surface area (Å²) in [5.74, 6) is -3.47. The van der Waals surface area contributed by atoms with Crippen molar-refractivity contribution < 1.29 is 18.4 Å². The summed E-state index contributed by atoms with van der Waals surface area (Å²) in [6, 6.07) is 3.21. The Morgan fingerprint density at radius 2 is 1.71 bits per heavy atom. The van der Waals surface area contributed by atoms with Gasteiger partial charge in [-0.1, -0.05) is 12.5 Å². The first-order valence-electron chi connectivity index (χ1n) is 7.68. The lowest BCUT2D eigenvalue weighted by molar-refractivity contribution is 0.100. The summed E-state index contributed by atoms with van der Waals surface area (Å²) in [5.41, 5.74) is 5.93. The van der Waals surface area contributed by atoms with Crippen LogP contribution in [0.25, 0.3) is 0 Å². The highest BCUT2D eigenvalue weighted by Crippen LogP contribution is 2.37. The summed E-state index contributed by atoms with van der Waals surface area (Å²) < 4.78 is 27.5. The lowest BCUT2D eigenvalue weighted by Gasteiger charge is -2.07. The van der Waals surface area contributed by atoms with Gasteiger partial charge in [0.2, 0.25) is 0 Å². The minimum absolute atomic E-state index is 0.266. The molecule has 4 nitrogen and oxygen atoms in total. The predicted molar refractivity (Wildman–Crippen MR) is 88.4 cm³/mol. The number of anilines is 1. The third kappa shape index (κ3) is 3.03. The molecule has 0 radical (unpaired) electrons. The van der Waals surface area contributed by atoms with E-state index in [1.165, 1.54) is 17.4 Å². The Labute approximate surface area is 141 Å². The number of amides is 2. The molecular weight excluding hydrogens is 334 g/mol. The van der Waals surface area contributed by atoms with Crippen LogP contribution in [0, 0.1) is 11.6 Å². The van der Waals surface area contributed by atoms with E-state index in [0.717, 1.165) is 48.3 Å². The van der Waals surface area contributed by atoms with Crippen molar-refractivity contribution in [1.82, 2.24) is 0 Å². The van der Waals surface area contributed by atoms with Gasteiger partial charge in [-0.3, -0.25) is 9.59 Å². The largest absolute Gasteiger partial charge is 0.365 e. The van der Waals surface area contributed by atoms with Crippen molar-refractivity contribution in [3.8, 4) is 0 Å². The van der Waals surface area contributed by atoms with Gasteiger partial charge in [0.05, 0.1) is 5.56 Å². The molecule has 1 aromatic heterocycles. The number of nitrogens with two attached hydrogens (primary N) is 1. The van der Waals surface area contributed by atoms with Crippen molar-refractivity contribution >= 4 is 28.2 Å². The molecule has 24 heavy (non-hydrogen) atoms. The van der Waals surface area contributed by atoms with E-state index in [-0.39, 0.29) is 10.6 Å². The van der Waals surface area contributed by atoms with Crippen LogP contribution in [-0.4, -0.2) is 11.8 Å². The van der Waals surface area contributed by atoms with Crippen molar-refractivity contribution in [2.24, 2.45) is 5.73 Å². The highest BCUT2D eigenvalue weighted by molar-refractivity contribution is 7.17. The van der Waals surface area contributed by atoms with Crippen molar-refractivity contribution in [2.75, 3.05) is 5.32 Å². The van der Waals surface area contributed by atoms with Gasteiger partial charge in [0.1, 0.15) is 22.2 Å². The van der Waals surface area contributed by atoms with Crippen LogP contribution in [0.2, 0.25) is 0 Å². The molecule has 1 heterocycles. The van der Waals surface area contributed by atoms with Crippen molar-refractivity contribution in [1.29, 1.82) is 0 Å². The van der Waals surface area contributed by atoms with Gasteiger partial charge >= 0.3 is 0 Å². The van der Waals surface area contributed by atoms with Gasteiger partial charge in [0.15, 0.2) is 0 Å². The maximum absolute atomic E-state index is 13.8. The SMILES string of the molecule is NC(=O)c1c(NC(=O)c2c(F)cccc2F)sc2c1CCCCC2. The smallest absolute Gasteiger partial charge is 0.262 e. The van der Waals surface area contributed by atoms with Gasteiger partial charge < -0.3 is 11.1 Å². The highest BCUT2D eigenvalue weighted by atomic mass is 32.1. The van der Waals surface area contributed by atoms with E-state index in [1.807, 2.05) is 0 Å². The van der Waals surface area contributed by atoms with Gasteiger partial charge in [-0.05, 0) is 43.4 Å². The monoisotopic (exact) mass is 350 g/mol. The number of carbonyl (C=O) groups is 2. The number of halogens is 2. The Bertz CT molecular complexity index is 797. The number of rotatable bonds is 3. The number of nitrogens with one attached hydrogen (secondary N) is 1. The Hall–Kier alpha value is -2.28. The average molecular weight is 350 g/mol. The Morgan fingerprint density at radius 1 is 1.04 bits per heavy atom. The molecule has 1 aliphatic rings.